The number of fused-ring (bicyclic) bond motifs is 1. The number of hydrogen-bond donors (Lipinski definition) is 1. The van der Waals surface area contributed by atoms with E-state index >= 15 is 0 Å². The maximum atomic E-state index is 12.3. The van der Waals surface area contributed by atoms with Crippen LogP contribution in [0.1, 0.15) is 47.5 Å². The van der Waals surface area contributed by atoms with E-state index in [-0.39, 0.29) is 17.2 Å². The highest BCUT2D eigenvalue weighted by atomic mass is 16.5. The molecule has 1 aliphatic heterocycles. The number of hydrogen-bond acceptors (Lipinski definition) is 6. The normalized spacial score (nSPS) is 14.2. The van der Waals surface area contributed by atoms with E-state index in [1.165, 1.54) is 19.1 Å². The van der Waals surface area contributed by atoms with E-state index in [2.05, 4.69) is 10.4 Å². The molecule has 9 nitrogen and oxygen atoms in total. The van der Waals surface area contributed by atoms with Gasteiger partial charge in [-0.25, -0.2) is 4.68 Å². The van der Waals surface area contributed by atoms with Crippen molar-refractivity contribution in [3.05, 3.63) is 47.7 Å². The van der Waals surface area contributed by atoms with E-state index in [1.807, 2.05) is 13.8 Å². The summed E-state index contributed by atoms with van der Waals surface area (Å²) in [6.07, 6.45) is 0.437. The lowest BCUT2D eigenvalue weighted by Crippen LogP contribution is -2.38. The molecule has 9 heteroatoms. The minimum Gasteiger partial charge on any atom is -0.451 e. The predicted octanol–water partition coefficient (Wildman–Crippen LogP) is 1.63. The third kappa shape index (κ3) is 3.64. The molecule has 0 spiro atoms. The Kier molecular flexibility index (Phi) is 5.25. The van der Waals surface area contributed by atoms with Crippen LogP contribution in [0, 0.1) is 0 Å². The van der Waals surface area contributed by atoms with Gasteiger partial charge in [0.1, 0.15) is 12.4 Å². The Bertz CT molecular complexity index is 914. The smallest absolute Gasteiger partial charge is 0.326 e. The number of carbonyl (C=O) groups excluding carboxylic acids is 4. The van der Waals surface area contributed by atoms with Crippen LogP contribution in [-0.4, -0.2) is 51.0 Å². The fourth-order valence-electron chi connectivity index (χ4n) is 2.85. The van der Waals surface area contributed by atoms with Crippen LogP contribution in [0.2, 0.25) is 0 Å². The van der Waals surface area contributed by atoms with E-state index in [1.54, 1.807) is 29.1 Å². The first kappa shape index (κ1) is 19.3. The molecule has 1 aromatic heterocycles. The zero-order chi connectivity index (χ0) is 20.4. The van der Waals surface area contributed by atoms with Gasteiger partial charge >= 0.3 is 5.97 Å². The Balaban J connectivity index is 1.59. The molecular weight excluding hydrogens is 364 g/mol. The van der Waals surface area contributed by atoms with Crippen molar-refractivity contribution in [1.29, 1.82) is 0 Å². The molecule has 0 unspecified atom stereocenters. The van der Waals surface area contributed by atoms with E-state index in [0.29, 0.717) is 5.82 Å². The molecule has 2 heterocycles. The molecule has 0 saturated carbocycles. The van der Waals surface area contributed by atoms with Gasteiger partial charge < -0.3 is 10.1 Å². The summed E-state index contributed by atoms with van der Waals surface area (Å²) >= 11 is 0. The number of aromatic nitrogens is 2. The lowest BCUT2D eigenvalue weighted by Gasteiger charge is -2.17. The minimum atomic E-state index is -1.11. The number of nitrogens with zero attached hydrogens (tertiary/aromatic N) is 3. The Hall–Kier alpha value is -3.49. The number of anilines is 1. The van der Waals surface area contributed by atoms with Crippen LogP contribution < -0.4 is 5.32 Å². The minimum absolute atomic E-state index is 0.0389. The second-order valence-corrected chi connectivity index (χ2v) is 6.62. The molecule has 2 aromatic rings. The molecular formula is C19H20N4O5. The monoisotopic (exact) mass is 384 g/mol. The highest BCUT2D eigenvalue weighted by Gasteiger charge is 2.37. The van der Waals surface area contributed by atoms with E-state index in [0.717, 1.165) is 4.90 Å². The van der Waals surface area contributed by atoms with Crippen LogP contribution in [0.5, 0.6) is 0 Å². The summed E-state index contributed by atoms with van der Waals surface area (Å²) in [6, 6.07) is 7.99. The molecule has 0 bridgehead atoms. The van der Waals surface area contributed by atoms with Gasteiger partial charge in [0.25, 0.3) is 17.7 Å². The number of ether oxygens (including phenoxy) is 1. The van der Waals surface area contributed by atoms with Gasteiger partial charge in [0.05, 0.1) is 17.3 Å². The van der Waals surface area contributed by atoms with Crippen LogP contribution in [0.15, 0.2) is 36.5 Å². The SMILES string of the molecule is CC(C)n1nccc1NC(=O)[C@H](C)OC(=O)CN1C(=O)c2ccccc2C1=O. The number of carbonyl (C=O) groups is 4. The first-order valence-electron chi connectivity index (χ1n) is 8.78. The van der Waals surface area contributed by atoms with E-state index < -0.39 is 36.3 Å². The predicted molar refractivity (Wildman–Crippen MR) is 98.6 cm³/mol. The van der Waals surface area contributed by atoms with Crippen LogP contribution in [0.25, 0.3) is 0 Å². The molecule has 1 aromatic carbocycles. The summed E-state index contributed by atoms with van der Waals surface area (Å²) in [5, 5.41) is 6.75. The second-order valence-electron chi connectivity index (χ2n) is 6.62. The molecule has 0 fully saturated rings. The van der Waals surface area contributed by atoms with Gasteiger partial charge in [0.15, 0.2) is 6.10 Å². The van der Waals surface area contributed by atoms with Crippen molar-refractivity contribution in [3.8, 4) is 0 Å². The van der Waals surface area contributed by atoms with Gasteiger partial charge in [-0.2, -0.15) is 5.10 Å². The van der Waals surface area contributed by atoms with E-state index in [9.17, 15) is 19.2 Å². The van der Waals surface area contributed by atoms with Crippen LogP contribution in [-0.2, 0) is 14.3 Å². The second kappa shape index (κ2) is 7.63. The number of benzene rings is 1. The third-order valence-electron chi connectivity index (χ3n) is 4.25. The summed E-state index contributed by atoms with van der Waals surface area (Å²) in [7, 11) is 0. The number of nitrogens with one attached hydrogen (secondary N) is 1. The fourth-order valence-corrected chi connectivity index (χ4v) is 2.85. The molecule has 3 rings (SSSR count). The zero-order valence-corrected chi connectivity index (χ0v) is 15.7. The van der Waals surface area contributed by atoms with Crippen molar-refractivity contribution < 1.29 is 23.9 Å². The molecule has 146 valence electrons. The largest absolute Gasteiger partial charge is 0.451 e. The van der Waals surface area contributed by atoms with Crippen molar-refractivity contribution >= 4 is 29.5 Å². The Morgan fingerprint density at radius 2 is 1.68 bits per heavy atom. The van der Waals surface area contributed by atoms with Crippen molar-refractivity contribution in [2.75, 3.05) is 11.9 Å². The molecule has 1 N–H and O–H groups in total. The summed E-state index contributed by atoms with van der Waals surface area (Å²) < 4.78 is 6.71. The first-order chi connectivity index (χ1) is 13.3. The van der Waals surface area contributed by atoms with Gasteiger partial charge in [-0.15, -0.1) is 0 Å². The Morgan fingerprint density at radius 1 is 1.07 bits per heavy atom. The number of imide groups is 1. The van der Waals surface area contributed by atoms with Gasteiger partial charge in [0.2, 0.25) is 0 Å². The summed E-state index contributed by atoms with van der Waals surface area (Å²) in [5.41, 5.74) is 0.487. The highest BCUT2D eigenvalue weighted by Crippen LogP contribution is 2.22. The van der Waals surface area contributed by atoms with Crippen LogP contribution in [0.3, 0.4) is 0 Å². The summed E-state index contributed by atoms with van der Waals surface area (Å²) in [6.45, 7) is 4.67. The third-order valence-corrected chi connectivity index (χ3v) is 4.25. The topological polar surface area (TPSA) is 111 Å². The molecule has 1 aliphatic rings. The number of amides is 3. The van der Waals surface area contributed by atoms with Gasteiger partial charge in [-0.3, -0.25) is 24.1 Å². The quantitative estimate of drug-likeness (QED) is 0.599. The van der Waals surface area contributed by atoms with Crippen molar-refractivity contribution in [2.45, 2.75) is 32.9 Å². The van der Waals surface area contributed by atoms with Crippen LogP contribution in [0.4, 0.5) is 5.82 Å². The first-order valence-corrected chi connectivity index (χ1v) is 8.78. The fraction of sp³-hybridized carbons (Fsp3) is 0.316. The number of rotatable bonds is 6. The molecule has 28 heavy (non-hydrogen) atoms. The average Bonchev–Trinajstić information content (AvgIpc) is 3.21. The van der Waals surface area contributed by atoms with Crippen molar-refractivity contribution in [2.24, 2.45) is 0 Å². The summed E-state index contributed by atoms with van der Waals surface area (Å²) in [5.74, 6) is -2.04. The zero-order valence-electron chi connectivity index (χ0n) is 15.7. The molecule has 0 saturated heterocycles. The lowest BCUT2D eigenvalue weighted by atomic mass is 10.1. The Labute approximate surface area is 161 Å². The van der Waals surface area contributed by atoms with Crippen LogP contribution >= 0.6 is 0 Å². The number of esters is 1. The average molecular weight is 384 g/mol. The van der Waals surface area contributed by atoms with E-state index in [4.69, 9.17) is 4.74 Å². The Morgan fingerprint density at radius 3 is 2.25 bits per heavy atom. The highest BCUT2D eigenvalue weighted by molar-refractivity contribution is 6.22. The standard InChI is InChI=1S/C19H20N4O5/c1-11(2)23-15(8-9-20-23)21-17(25)12(3)28-16(24)10-22-18(26)13-6-4-5-7-14(13)19(22)27/h4-9,11-12H,10H2,1-3H3,(H,21,25)/t12-/m0/s1. The van der Waals surface area contributed by atoms with Crippen molar-refractivity contribution in [3.63, 3.8) is 0 Å². The van der Waals surface area contributed by atoms with Gasteiger partial charge in [-0.1, -0.05) is 12.1 Å². The molecule has 0 aliphatic carbocycles. The molecule has 3 amide bonds. The molecule has 1 atom stereocenters. The molecule has 0 radical (unpaired) electrons. The van der Waals surface area contributed by atoms with Gasteiger partial charge in [0, 0.05) is 12.1 Å². The maximum Gasteiger partial charge on any atom is 0.326 e. The lowest BCUT2D eigenvalue weighted by molar-refractivity contribution is -0.153. The summed E-state index contributed by atoms with van der Waals surface area (Å²) in [4.78, 5) is 49.8. The van der Waals surface area contributed by atoms with Crippen molar-refractivity contribution in [1.82, 2.24) is 14.7 Å². The maximum absolute atomic E-state index is 12.3. The van der Waals surface area contributed by atoms with Gasteiger partial charge in [-0.05, 0) is 32.9 Å².